The lowest BCUT2D eigenvalue weighted by Crippen LogP contribution is -2.56. The monoisotopic (exact) mass is 251 g/mol. The fourth-order valence-corrected chi connectivity index (χ4v) is 2.61. The van der Waals surface area contributed by atoms with Gasteiger partial charge in [-0.05, 0) is 47.2 Å². The summed E-state index contributed by atoms with van der Waals surface area (Å²) in [6, 6.07) is 0.371. The highest BCUT2D eigenvalue weighted by Crippen LogP contribution is 2.35. The minimum absolute atomic E-state index is 0.364. The molecule has 0 atom stereocenters. The Morgan fingerprint density at radius 2 is 2.17 bits per heavy atom. The highest BCUT2D eigenvalue weighted by atomic mass is 15.4. The van der Waals surface area contributed by atoms with Crippen LogP contribution >= 0.6 is 0 Å². The quantitative estimate of drug-likeness (QED) is 0.831. The van der Waals surface area contributed by atoms with Crippen molar-refractivity contribution in [3.8, 4) is 0 Å². The molecule has 1 fully saturated rings. The number of rotatable bonds is 6. The zero-order valence-corrected chi connectivity index (χ0v) is 12.0. The summed E-state index contributed by atoms with van der Waals surface area (Å²) in [7, 11) is 4.36. The molecule has 0 spiro atoms. The van der Waals surface area contributed by atoms with Crippen molar-refractivity contribution in [1.29, 1.82) is 0 Å². The maximum Gasteiger partial charge on any atom is 0.141 e. The van der Waals surface area contributed by atoms with Gasteiger partial charge in [0.15, 0.2) is 0 Å². The zero-order chi connectivity index (χ0) is 13.2. The molecule has 0 radical (unpaired) electrons. The van der Waals surface area contributed by atoms with Gasteiger partial charge in [0, 0.05) is 18.1 Å². The maximum absolute atomic E-state index is 4.32. The minimum atomic E-state index is 0.364. The fourth-order valence-electron chi connectivity index (χ4n) is 2.61. The first-order chi connectivity index (χ1) is 8.55. The van der Waals surface area contributed by atoms with E-state index in [0.717, 1.165) is 18.9 Å². The number of hydrogen-bond acceptors (Lipinski definition) is 4. The molecule has 0 amide bonds. The average molecular weight is 251 g/mol. The van der Waals surface area contributed by atoms with Gasteiger partial charge in [-0.3, -0.25) is 0 Å². The maximum atomic E-state index is 4.32. The zero-order valence-electron chi connectivity index (χ0n) is 12.0. The Morgan fingerprint density at radius 1 is 1.44 bits per heavy atom. The molecule has 1 aromatic rings. The van der Waals surface area contributed by atoms with E-state index in [4.69, 9.17) is 0 Å². The van der Waals surface area contributed by atoms with Crippen LogP contribution in [0.4, 0.5) is 0 Å². The second-order valence-electron chi connectivity index (χ2n) is 5.79. The summed E-state index contributed by atoms with van der Waals surface area (Å²) in [5, 5.41) is 7.80. The van der Waals surface area contributed by atoms with Crippen LogP contribution in [-0.2, 0) is 6.54 Å². The smallest absolute Gasteiger partial charge is 0.141 e. The summed E-state index contributed by atoms with van der Waals surface area (Å²) in [5.74, 6) is 1.03. The second kappa shape index (κ2) is 5.36. The van der Waals surface area contributed by atoms with E-state index < -0.39 is 0 Å². The molecule has 18 heavy (non-hydrogen) atoms. The molecule has 102 valence electrons. The molecule has 1 aliphatic rings. The Bertz CT molecular complexity index is 378. The molecule has 1 aromatic heterocycles. The van der Waals surface area contributed by atoms with E-state index in [1.165, 1.54) is 19.3 Å². The minimum Gasteiger partial charge on any atom is -0.308 e. The fraction of sp³-hybridized carbons (Fsp3) is 0.846. The van der Waals surface area contributed by atoms with E-state index in [1.807, 2.05) is 4.68 Å². The number of hydrogen-bond donors (Lipinski definition) is 1. The average Bonchev–Trinajstić information content (AvgIpc) is 2.69. The first kappa shape index (κ1) is 13.5. The molecule has 1 saturated carbocycles. The Balaban J connectivity index is 1.86. The summed E-state index contributed by atoms with van der Waals surface area (Å²) >= 11 is 0. The van der Waals surface area contributed by atoms with Crippen LogP contribution in [0.25, 0.3) is 0 Å². The third-order valence-electron chi connectivity index (χ3n) is 4.11. The van der Waals surface area contributed by atoms with Crippen LogP contribution < -0.4 is 5.32 Å². The number of nitrogens with one attached hydrogen (secondary N) is 1. The van der Waals surface area contributed by atoms with Crippen LogP contribution in [0.3, 0.4) is 0 Å². The van der Waals surface area contributed by atoms with E-state index in [2.05, 4.69) is 48.2 Å². The van der Waals surface area contributed by atoms with Crippen LogP contribution in [0.1, 0.15) is 45.0 Å². The van der Waals surface area contributed by atoms with Crippen molar-refractivity contribution in [2.45, 2.75) is 51.2 Å². The van der Waals surface area contributed by atoms with E-state index in [-0.39, 0.29) is 0 Å². The van der Waals surface area contributed by atoms with E-state index in [1.54, 1.807) is 6.33 Å². The summed E-state index contributed by atoms with van der Waals surface area (Å²) in [6.45, 7) is 6.09. The van der Waals surface area contributed by atoms with E-state index >= 15 is 0 Å². The van der Waals surface area contributed by atoms with Crippen LogP contribution in [0.5, 0.6) is 0 Å². The Labute approximate surface area is 110 Å². The molecule has 5 heteroatoms. The normalized spacial score (nSPS) is 18.3. The predicted octanol–water partition coefficient (Wildman–Crippen LogP) is 1.43. The lowest BCUT2D eigenvalue weighted by atomic mass is 9.75. The lowest BCUT2D eigenvalue weighted by Gasteiger charge is -2.47. The third-order valence-corrected chi connectivity index (χ3v) is 4.11. The van der Waals surface area contributed by atoms with E-state index in [0.29, 0.717) is 11.6 Å². The summed E-state index contributed by atoms with van der Waals surface area (Å²) in [4.78, 5) is 6.68. The molecule has 1 heterocycles. The standard InChI is InChI=1S/C13H25N5/c1-11(2)18-12(15-10-16-18)8-14-9-13(17(3)4)6-5-7-13/h10-11,14H,5-9H2,1-4H3. The van der Waals surface area contributed by atoms with Crippen LogP contribution in [0, 0.1) is 0 Å². The van der Waals surface area contributed by atoms with Gasteiger partial charge in [0.05, 0.1) is 6.54 Å². The number of likely N-dealkylation sites (N-methyl/N-ethyl adjacent to an activating group) is 1. The van der Waals surface area contributed by atoms with Crippen molar-refractivity contribution in [1.82, 2.24) is 25.0 Å². The molecule has 1 aliphatic carbocycles. The van der Waals surface area contributed by atoms with E-state index in [9.17, 15) is 0 Å². The largest absolute Gasteiger partial charge is 0.308 e. The molecule has 0 unspecified atom stereocenters. The first-order valence-corrected chi connectivity index (χ1v) is 6.82. The van der Waals surface area contributed by atoms with Crippen LogP contribution in [0.2, 0.25) is 0 Å². The number of aromatic nitrogens is 3. The summed E-state index contributed by atoms with van der Waals surface area (Å²) < 4.78 is 1.98. The van der Waals surface area contributed by atoms with Crippen molar-refractivity contribution in [3.63, 3.8) is 0 Å². The molecule has 0 aromatic carbocycles. The highest BCUT2D eigenvalue weighted by molar-refractivity contribution is 4.98. The summed E-state index contributed by atoms with van der Waals surface area (Å²) in [5.41, 5.74) is 0.364. The van der Waals surface area contributed by atoms with Gasteiger partial charge in [0.2, 0.25) is 0 Å². The van der Waals surface area contributed by atoms with Crippen molar-refractivity contribution in [2.24, 2.45) is 0 Å². The topological polar surface area (TPSA) is 46.0 Å². The van der Waals surface area contributed by atoms with Crippen molar-refractivity contribution in [3.05, 3.63) is 12.2 Å². The van der Waals surface area contributed by atoms with Gasteiger partial charge in [-0.2, -0.15) is 5.10 Å². The van der Waals surface area contributed by atoms with Crippen molar-refractivity contribution >= 4 is 0 Å². The molecule has 0 saturated heterocycles. The molecule has 1 N–H and O–H groups in total. The Hall–Kier alpha value is -0.940. The van der Waals surface area contributed by atoms with Crippen molar-refractivity contribution in [2.75, 3.05) is 20.6 Å². The van der Waals surface area contributed by atoms with Crippen LogP contribution in [0.15, 0.2) is 6.33 Å². The molecular weight excluding hydrogens is 226 g/mol. The van der Waals surface area contributed by atoms with Gasteiger partial charge in [-0.1, -0.05) is 0 Å². The molecular formula is C13H25N5. The highest BCUT2D eigenvalue weighted by Gasteiger charge is 2.38. The molecule has 0 bridgehead atoms. The van der Waals surface area contributed by atoms with Crippen molar-refractivity contribution < 1.29 is 0 Å². The van der Waals surface area contributed by atoms with Gasteiger partial charge >= 0.3 is 0 Å². The molecule has 5 nitrogen and oxygen atoms in total. The second-order valence-corrected chi connectivity index (χ2v) is 5.79. The lowest BCUT2D eigenvalue weighted by molar-refractivity contribution is 0.0595. The SMILES string of the molecule is CC(C)n1ncnc1CNCC1(N(C)C)CCC1. The Kier molecular flexibility index (Phi) is 4.02. The third kappa shape index (κ3) is 2.57. The molecule has 0 aliphatic heterocycles. The van der Waals surface area contributed by atoms with Crippen LogP contribution in [-0.4, -0.2) is 45.8 Å². The molecule has 2 rings (SSSR count). The Morgan fingerprint density at radius 3 is 2.67 bits per heavy atom. The van der Waals surface area contributed by atoms with Gasteiger partial charge in [-0.25, -0.2) is 9.67 Å². The number of nitrogens with zero attached hydrogens (tertiary/aromatic N) is 4. The van der Waals surface area contributed by atoms with Gasteiger partial charge in [0.1, 0.15) is 12.2 Å². The summed E-state index contributed by atoms with van der Waals surface area (Å²) in [6.07, 6.45) is 5.58. The van der Waals surface area contributed by atoms with Gasteiger partial charge in [-0.15, -0.1) is 0 Å². The first-order valence-electron chi connectivity index (χ1n) is 6.82. The van der Waals surface area contributed by atoms with Gasteiger partial charge in [0.25, 0.3) is 0 Å². The predicted molar refractivity (Wildman–Crippen MR) is 72.4 cm³/mol. The van der Waals surface area contributed by atoms with Gasteiger partial charge < -0.3 is 10.2 Å².